The molecule has 0 radical (unpaired) electrons. The Bertz CT molecular complexity index is 699. The highest BCUT2D eigenvalue weighted by atomic mass is 32.2. The number of nitrogens with one attached hydrogen (secondary N) is 2. The van der Waals surface area contributed by atoms with Crippen LogP contribution in [0.25, 0.3) is 0 Å². The molecule has 1 heterocycles. The van der Waals surface area contributed by atoms with Gasteiger partial charge in [-0.05, 0) is 37.3 Å². The monoisotopic (exact) mass is 306 g/mol. The van der Waals surface area contributed by atoms with Crippen LogP contribution in [0.1, 0.15) is 18.4 Å². The number of nitrogens with zero attached hydrogens (tertiary/aromatic N) is 2. The summed E-state index contributed by atoms with van der Waals surface area (Å²) in [5.41, 5.74) is 1.72. The first-order valence-corrected chi connectivity index (χ1v) is 8.11. The second-order valence-corrected chi connectivity index (χ2v) is 6.24. The lowest BCUT2D eigenvalue weighted by Crippen LogP contribution is -2.23. The molecule has 112 valence electrons. The Labute approximate surface area is 124 Å². The van der Waals surface area contributed by atoms with Gasteiger partial charge in [0.2, 0.25) is 10.0 Å². The van der Waals surface area contributed by atoms with Crippen molar-refractivity contribution >= 4 is 15.7 Å². The Kier molecular flexibility index (Phi) is 4.87. The molecule has 2 rings (SSSR count). The Morgan fingerprint density at radius 3 is 2.48 bits per heavy atom. The van der Waals surface area contributed by atoms with E-state index < -0.39 is 10.0 Å². The first kappa shape index (κ1) is 15.4. The van der Waals surface area contributed by atoms with Crippen molar-refractivity contribution in [2.45, 2.75) is 25.3 Å². The molecule has 0 aliphatic rings. The predicted octanol–water partition coefficient (Wildman–Crippen LogP) is 1.70. The zero-order valence-corrected chi connectivity index (χ0v) is 12.8. The lowest BCUT2D eigenvalue weighted by molar-refractivity contribution is 0.584. The molecule has 1 aromatic carbocycles. The standard InChI is InChI=1S/C14H18N4O2S/c1-3-17-21(19,20)14-6-4-12(5-7-14)16-10-13-8-9-15-11(2)18-13/h4-9,16-17H,3,10H2,1-2H3. The number of aromatic nitrogens is 2. The highest BCUT2D eigenvalue weighted by Crippen LogP contribution is 2.14. The molecule has 0 unspecified atom stereocenters. The van der Waals surface area contributed by atoms with Gasteiger partial charge in [-0.2, -0.15) is 0 Å². The second-order valence-electron chi connectivity index (χ2n) is 4.47. The number of hydrogen-bond acceptors (Lipinski definition) is 5. The first-order valence-electron chi connectivity index (χ1n) is 6.63. The minimum Gasteiger partial charge on any atom is -0.379 e. The lowest BCUT2D eigenvalue weighted by atomic mass is 10.3. The molecule has 0 spiro atoms. The van der Waals surface area contributed by atoms with Gasteiger partial charge in [0.05, 0.1) is 17.1 Å². The number of rotatable bonds is 6. The summed E-state index contributed by atoms with van der Waals surface area (Å²) in [6.07, 6.45) is 1.71. The summed E-state index contributed by atoms with van der Waals surface area (Å²) in [5, 5.41) is 3.19. The van der Waals surface area contributed by atoms with Gasteiger partial charge in [0.25, 0.3) is 0 Å². The summed E-state index contributed by atoms with van der Waals surface area (Å²) in [7, 11) is -3.40. The van der Waals surface area contributed by atoms with Gasteiger partial charge in [-0.25, -0.2) is 23.1 Å². The van der Waals surface area contributed by atoms with Crippen LogP contribution in [0.2, 0.25) is 0 Å². The van der Waals surface area contributed by atoms with Crippen molar-refractivity contribution < 1.29 is 8.42 Å². The lowest BCUT2D eigenvalue weighted by Gasteiger charge is -2.08. The Hall–Kier alpha value is -1.99. The molecule has 0 saturated carbocycles. The molecular formula is C14H18N4O2S. The third-order valence-corrected chi connectivity index (χ3v) is 4.37. The van der Waals surface area contributed by atoms with E-state index in [2.05, 4.69) is 20.0 Å². The van der Waals surface area contributed by atoms with E-state index in [0.29, 0.717) is 13.1 Å². The van der Waals surface area contributed by atoms with E-state index in [1.54, 1.807) is 37.4 Å². The average molecular weight is 306 g/mol. The minimum absolute atomic E-state index is 0.257. The zero-order valence-electron chi connectivity index (χ0n) is 12.0. The molecule has 6 nitrogen and oxygen atoms in total. The van der Waals surface area contributed by atoms with Crippen LogP contribution in [0.5, 0.6) is 0 Å². The normalized spacial score (nSPS) is 11.3. The first-order chi connectivity index (χ1) is 10.0. The molecular weight excluding hydrogens is 288 g/mol. The van der Waals surface area contributed by atoms with E-state index >= 15 is 0 Å². The minimum atomic E-state index is -3.40. The van der Waals surface area contributed by atoms with E-state index in [9.17, 15) is 8.42 Å². The molecule has 0 amide bonds. The molecule has 0 atom stereocenters. The Balaban J connectivity index is 2.03. The Morgan fingerprint density at radius 2 is 1.86 bits per heavy atom. The van der Waals surface area contributed by atoms with Gasteiger partial charge in [-0.3, -0.25) is 0 Å². The molecule has 0 aliphatic heterocycles. The topological polar surface area (TPSA) is 84.0 Å². The quantitative estimate of drug-likeness (QED) is 0.848. The molecule has 0 bridgehead atoms. The molecule has 0 aliphatic carbocycles. The number of aryl methyl sites for hydroxylation is 1. The second kappa shape index (κ2) is 6.64. The van der Waals surface area contributed by atoms with Crippen LogP contribution < -0.4 is 10.0 Å². The van der Waals surface area contributed by atoms with Crippen molar-refractivity contribution in [3.8, 4) is 0 Å². The highest BCUT2D eigenvalue weighted by Gasteiger charge is 2.11. The highest BCUT2D eigenvalue weighted by molar-refractivity contribution is 7.89. The maximum atomic E-state index is 11.8. The summed E-state index contributed by atoms with van der Waals surface area (Å²) < 4.78 is 26.1. The molecule has 1 aromatic heterocycles. The van der Waals surface area contributed by atoms with E-state index in [-0.39, 0.29) is 4.90 Å². The van der Waals surface area contributed by atoms with Gasteiger partial charge in [-0.15, -0.1) is 0 Å². The van der Waals surface area contributed by atoms with Crippen molar-refractivity contribution in [1.29, 1.82) is 0 Å². The van der Waals surface area contributed by atoms with E-state index in [1.165, 1.54) is 0 Å². The fraction of sp³-hybridized carbons (Fsp3) is 0.286. The number of benzene rings is 1. The van der Waals surface area contributed by atoms with Crippen molar-refractivity contribution in [1.82, 2.24) is 14.7 Å². The van der Waals surface area contributed by atoms with Crippen LogP contribution in [-0.4, -0.2) is 24.9 Å². The maximum absolute atomic E-state index is 11.8. The van der Waals surface area contributed by atoms with Crippen LogP contribution in [0.3, 0.4) is 0 Å². The fourth-order valence-electron chi connectivity index (χ4n) is 1.82. The number of anilines is 1. The van der Waals surface area contributed by atoms with Gasteiger partial charge in [-0.1, -0.05) is 6.92 Å². The van der Waals surface area contributed by atoms with Crippen molar-refractivity contribution in [3.05, 3.63) is 48.0 Å². The summed E-state index contributed by atoms with van der Waals surface area (Å²) in [5.74, 6) is 0.724. The van der Waals surface area contributed by atoms with Crippen molar-refractivity contribution in [3.63, 3.8) is 0 Å². The molecule has 21 heavy (non-hydrogen) atoms. The summed E-state index contributed by atoms with van der Waals surface area (Å²) >= 11 is 0. The number of hydrogen-bond donors (Lipinski definition) is 2. The third-order valence-electron chi connectivity index (χ3n) is 2.81. The van der Waals surface area contributed by atoms with Gasteiger partial charge in [0, 0.05) is 18.4 Å². The molecule has 2 aromatic rings. The van der Waals surface area contributed by atoms with Gasteiger partial charge < -0.3 is 5.32 Å². The van der Waals surface area contributed by atoms with E-state index in [0.717, 1.165) is 17.2 Å². The van der Waals surface area contributed by atoms with Crippen LogP contribution in [0.4, 0.5) is 5.69 Å². The fourth-order valence-corrected chi connectivity index (χ4v) is 2.86. The van der Waals surface area contributed by atoms with E-state index in [1.807, 2.05) is 13.0 Å². The molecule has 0 saturated heterocycles. The van der Waals surface area contributed by atoms with Crippen LogP contribution in [0.15, 0.2) is 41.4 Å². The third kappa shape index (κ3) is 4.24. The maximum Gasteiger partial charge on any atom is 0.240 e. The summed E-state index contributed by atoms with van der Waals surface area (Å²) in [6, 6.07) is 8.46. The summed E-state index contributed by atoms with van der Waals surface area (Å²) in [6.45, 7) is 4.51. The molecule has 0 fully saturated rings. The van der Waals surface area contributed by atoms with E-state index in [4.69, 9.17) is 0 Å². The smallest absolute Gasteiger partial charge is 0.240 e. The molecule has 7 heteroatoms. The van der Waals surface area contributed by atoms with Crippen LogP contribution >= 0.6 is 0 Å². The van der Waals surface area contributed by atoms with Crippen LogP contribution in [0, 0.1) is 6.92 Å². The van der Waals surface area contributed by atoms with Crippen molar-refractivity contribution in [2.24, 2.45) is 0 Å². The largest absolute Gasteiger partial charge is 0.379 e. The average Bonchev–Trinajstić information content (AvgIpc) is 2.46. The predicted molar refractivity (Wildman–Crippen MR) is 81.4 cm³/mol. The van der Waals surface area contributed by atoms with Gasteiger partial charge >= 0.3 is 0 Å². The summed E-state index contributed by atoms with van der Waals surface area (Å²) in [4.78, 5) is 8.59. The molecule has 2 N–H and O–H groups in total. The van der Waals surface area contributed by atoms with Crippen LogP contribution in [-0.2, 0) is 16.6 Å². The zero-order chi connectivity index (χ0) is 15.3. The SMILES string of the molecule is CCNS(=O)(=O)c1ccc(NCc2ccnc(C)n2)cc1. The Morgan fingerprint density at radius 1 is 1.14 bits per heavy atom. The number of sulfonamides is 1. The van der Waals surface area contributed by atoms with Gasteiger partial charge in [0.15, 0.2) is 0 Å². The van der Waals surface area contributed by atoms with Crippen molar-refractivity contribution in [2.75, 3.05) is 11.9 Å². The van der Waals surface area contributed by atoms with Gasteiger partial charge in [0.1, 0.15) is 5.82 Å².